The van der Waals surface area contributed by atoms with Crippen LogP contribution in [0.2, 0.25) is 0 Å². The maximum absolute atomic E-state index is 12.7. The highest BCUT2D eigenvalue weighted by atomic mass is 32.1. The van der Waals surface area contributed by atoms with Crippen LogP contribution in [0.4, 0.5) is 9.93 Å². The van der Waals surface area contributed by atoms with E-state index in [1.165, 1.54) is 16.2 Å². The Hall–Kier alpha value is -2.48. The zero-order valence-electron chi connectivity index (χ0n) is 15.8. The van der Waals surface area contributed by atoms with E-state index in [0.717, 1.165) is 17.7 Å². The molecule has 2 aromatic heterocycles. The van der Waals surface area contributed by atoms with Gasteiger partial charge in [-0.1, -0.05) is 26.8 Å². The summed E-state index contributed by atoms with van der Waals surface area (Å²) < 4.78 is 5.35. The fourth-order valence-corrected chi connectivity index (χ4v) is 3.77. The molecule has 0 radical (unpaired) electrons. The van der Waals surface area contributed by atoms with Gasteiger partial charge in [-0.3, -0.25) is 14.7 Å². The molecular weight excluding hydrogens is 364 g/mol. The number of hydrogen-bond acceptors (Lipinski definition) is 6. The van der Waals surface area contributed by atoms with Crippen LogP contribution in [0.5, 0.6) is 0 Å². The third kappa shape index (κ3) is 4.82. The quantitative estimate of drug-likeness (QED) is 0.865. The maximum Gasteiger partial charge on any atom is 0.410 e. The van der Waals surface area contributed by atoms with Gasteiger partial charge in [-0.2, -0.15) is 0 Å². The number of nitrogens with one attached hydrogen (secondary N) is 1. The van der Waals surface area contributed by atoms with Gasteiger partial charge in [0.25, 0.3) is 0 Å². The summed E-state index contributed by atoms with van der Waals surface area (Å²) in [7, 11) is 0. The second-order valence-electron chi connectivity index (χ2n) is 7.54. The van der Waals surface area contributed by atoms with Crippen molar-refractivity contribution in [3.63, 3.8) is 0 Å². The largest absolute Gasteiger partial charge is 0.444 e. The molecule has 0 saturated carbocycles. The Kier molecular flexibility index (Phi) is 5.74. The van der Waals surface area contributed by atoms with Crippen molar-refractivity contribution >= 4 is 28.5 Å². The van der Waals surface area contributed by atoms with Gasteiger partial charge in [0.2, 0.25) is 5.91 Å². The van der Waals surface area contributed by atoms with E-state index in [2.05, 4.69) is 36.1 Å². The monoisotopic (exact) mass is 388 g/mol. The van der Waals surface area contributed by atoms with Crippen LogP contribution >= 0.6 is 11.3 Å². The highest BCUT2D eigenvalue weighted by molar-refractivity contribution is 7.14. The number of thiazole rings is 1. The molecular formula is C19H24N4O3S. The molecule has 1 fully saturated rings. The number of hydrogen-bond donors (Lipinski definition) is 1. The minimum absolute atomic E-state index is 0.0744. The number of carbonyl (C=O) groups excluding carboxylic acids is 2. The van der Waals surface area contributed by atoms with Gasteiger partial charge in [0.05, 0.1) is 5.69 Å². The maximum atomic E-state index is 12.7. The molecule has 1 aliphatic rings. The molecule has 27 heavy (non-hydrogen) atoms. The number of carbonyl (C=O) groups is 2. The minimum Gasteiger partial charge on any atom is -0.444 e. The van der Waals surface area contributed by atoms with Crippen molar-refractivity contribution in [1.29, 1.82) is 0 Å². The van der Waals surface area contributed by atoms with Crippen LogP contribution in [0.15, 0.2) is 29.9 Å². The van der Waals surface area contributed by atoms with Crippen LogP contribution in [0.25, 0.3) is 0 Å². The smallest absolute Gasteiger partial charge is 0.410 e. The molecule has 3 heterocycles. The lowest BCUT2D eigenvalue weighted by Crippen LogP contribution is -2.43. The molecule has 8 heteroatoms. The predicted molar refractivity (Wildman–Crippen MR) is 104 cm³/mol. The number of likely N-dealkylation sites (tertiary alicyclic amines) is 1. The van der Waals surface area contributed by atoms with Gasteiger partial charge in [-0.05, 0) is 18.9 Å². The lowest BCUT2D eigenvalue weighted by Gasteiger charge is -2.23. The number of nitrogens with zero attached hydrogens (tertiary/aromatic N) is 3. The summed E-state index contributed by atoms with van der Waals surface area (Å²) in [4.78, 5) is 35.0. The van der Waals surface area contributed by atoms with Gasteiger partial charge in [-0.25, -0.2) is 9.78 Å². The van der Waals surface area contributed by atoms with Gasteiger partial charge in [0.1, 0.15) is 12.6 Å². The third-order valence-electron chi connectivity index (χ3n) is 4.38. The Morgan fingerprint density at radius 3 is 2.89 bits per heavy atom. The number of ether oxygens (including phenoxy) is 1. The van der Waals surface area contributed by atoms with Crippen LogP contribution in [-0.2, 0) is 21.6 Å². The second kappa shape index (κ2) is 8.04. The molecule has 144 valence electrons. The molecule has 1 N–H and O–H groups in total. The number of pyridine rings is 1. The van der Waals surface area contributed by atoms with Crippen molar-refractivity contribution in [3.05, 3.63) is 41.2 Å². The Morgan fingerprint density at radius 1 is 1.41 bits per heavy atom. The standard InChI is InChI=1S/C19H24N4O3S/c1-19(2,3)15-12-27-17(21-15)22-16(24)14-7-5-9-23(14)18(25)26-11-13-6-4-8-20-10-13/h4,6,8,10,12,14H,5,7,9,11H2,1-3H3,(H,21,22,24). The first-order chi connectivity index (χ1) is 12.8. The fourth-order valence-electron chi connectivity index (χ4n) is 2.83. The molecule has 0 bridgehead atoms. The fraction of sp³-hybridized carbons (Fsp3) is 0.474. The molecule has 7 nitrogen and oxygen atoms in total. The third-order valence-corrected chi connectivity index (χ3v) is 5.14. The van der Waals surface area contributed by atoms with Crippen molar-refractivity contribution in [2.45, 2.75) is 51.7 Å². The van der Waals surface area contributed by atoms with E-state index in [0.29, 0.717) is 18.1 Å². The number of amides is 2. The summed E-state index contributed by atoms with van der Waals surface area (Å²) in [6.07, 6.45) is 4.22. The zero-order chi connectivity index (χ0) is 19.4. The van der Waals surface area contributed by atoms with Crippen LogP contribution < -0.4 is 5.32 Å². The van der Waals surface area contributed by atoms with Crippen molar-refractivity contribution in [1.82, 2.24) is 14.9 Å². The molecule has 1 aliphatic heterocycles. The van der Waals surface area contributed by atoms with Crippen LogP contribution in [-0.4, -0.2) is 39.5 Å². The second-order valence-corrected chi connectivity index (χ2v) is 8.40. The van der Waals surface area contributed by atoms with E-state index in [-0.39, 0.29) is 17.9 Å². The van der Waals surface area contributed by atoms with Crippen molar-refractivity contribution < 1.29 is 14.3 Å². The SMILES string of the molecule is CC(C)(C)c1csc(NC(=O)C2CCCN2C(=O)OCc2cccnc2)n1. The zero-order valence-corrected chi connectivity index (χ0v) is 16.6. The first kappa shape index (κ1) is 19.3. The molecule has 0 aromatic carbocycles. The van der Waals surface area contributed by atoms with Crippen LogP contribution in [0.3, 0.4) is 0 Å². The molecule has 0 aliphatic carbocycles. The summed E-state index contributed by atoms with van der Waals surface area (Å²) >= 11 is 1.40. The van der Waals surface area contributed by atoms with E-state index in [1.807, 2.05) is 11.4 Å². The van der Waals surface area contributed by atoms with Crippen molar-refractivity contribution in [2.24, 2.45) is 0 Å². The van der Waals surface area contributed by atoms with E-state index in [4.69, 9.17) is 4.74 Å². The Bertz CT molecular complexity index is 801. The first-order valence-corrected chi connectivity index (χ1v) is 9.82. The van der Waals surface area contributed by atoms with Crippen molar-refractivity contribution in [3.8, 4) is 0 Å². The molecule has 3 rings (SSSR count). The molecule has 0 spiro atoms. The first-order valence-electron chi connectivity index (χ1n) is 8.94. The number of anilines is 1. The van der Waals surface area contributed by atoms with Gasteiger partial charge >= 0.3 is 6.09 Å². The van der Waals surface area contributed by atoms with Crippen LogP contribution in [0, 0.1) is 0 Å². The lowest BCUT2D eigenvalue weighted by molar-refractivity contribution is -0.120. The molecule has 1 atom stereocenters. The minimum atomic E-state index is -0.534. The van der Waals surface area contributed by atoms with E-state index in [9.17, 15) is 9.59 Å². The molecule has 2 amide bonds. The summed E-state index contributed by atoms with van der Waals surface area (Å²) in [6.45, 7) is 6.87. The van der Waals surface area contributed by atoms with Gasteiger partial charge < -0.3 is 10.1 Å². The average Bonchev–Trinajstić information content (AvgIpc) is 3.29. The summed E-state index contributed by atoms with van der Waals surface area (Å²) in [5.74, 6) is -0.222. The summed E-state index contributed by atoms with van der Waals surface area (Å²) in [5, 5.41) is 5.35. The molecule has 1 saturated heterocycles. The van der Waals surface area contributed by atoms with E-state index >= 15 is 0 Å². The van der Waals surface area contributed by atoms with Gasteiger partial charge in [0, 0.05) is 35.3 Å². The van der Waals surface area contributed by atoms with Gasteiger partial charge in [0.15, 0.2) is 5.13 Å². The highest BCUT2D eigenvalue weighted by Crippen LogP contribution is 2.27. The normalized spacial score (nSPS) is 17.0. The number of aromatic nitrogens is 2. The predicted octanol–water partition coefficient (Wildman–Crippen LogP) is 3.58. The Labute approximate surface area is 162 Å². The molecule has 2 aromatic rings. The average molecular weight is 388 g/mol. The number of rotatable bonds is 4. The Morgan fingerprint density at radius 2 is 2.22 bits per heavy atom. The highest BCUT2D eigenvalue weighted by Gasteiger charge is 2.35. The van der Waals surface area contributed by atoms with E-state index < -0.39 is 12.1 Å². The topological polar surface area (TPSA) is 84.4 Å². The van der Waals surface area contributed by atoms with Crippen molar-refractivity contribution in [2.75, 3.05) is 11.9 Å². The Balaban J connectivity index is 1.59. The van der Waals surface area contributed by atoms with E-state index in [1.54, 1.807) is 18.5 Å². The summed E-state index contributed by atoms with van der Waals surface area (Å²) in [6, 6.07) is 3.09. The lowest BCUT2D eigenvalue weighted by atomic mass is 9.93. The van der Waals surface area contributed by atoms with Crippen LogP contribution in [0.1, 0.15) is 44.9 Å². The summed E-state index contributed by atoms with van der Waals surface area (Å²) in [5.41, 5.74) is 1.67. The molecule has 1 unspecified atom stereocenters. The van der Waals surface area contributed by atoms with Gasteiger partial charge in [-0.15, -0.1) is 11.3 Å².